The summed E-state index contributed by atoms with van der Waals surface area (Å²) in [4.78, 5) is 4.17. The van der Waals surface area contributed by atoms with E-state index in [1.807, 2.05) is 54.6 Å². The van der Waals surface area contributed by atoms with Crippen molar-refractivity contribution in [3.63, 3.8) is 0 Å². The lowest BCUT2D eigenvalue weighted by atomic mass is 10.2. The maximum absolute atomic E-state index is 6.02. The van der Waals surface area contributed by atoms with Gasteiger partial charge in [-0.15, -0.1) is 11.3 Å². The number of nitrogens with two attached hydrogens (primary N) is 1. The number of nitrogen functional groups attached to an aromatic ring is 1. The highest BCUT2D eigenvalue weighted by Crippen LogP contribution is 2.30. The Hall–Kier alpha value is -2.76. The molecule has 4 aromatic rings. The lowest BCUT2D eigenvalue weighted by Gasteiger charge is -2.10. The third-order valence-electron chi connectivity index (χ3n) is 4.36. The number of hydrogen-bond donors (Lipinski definition) is 1. The monoisotopic (exact) mass is 410 g/mol. The molecule has 0 amide bonds. The van der Waals surface area contributed by atoms with Crippen LogP contribution >= 0.6 is 22.9 Å². The largest absolute Gasteiger partial charge is 0.493 e. The third-order valence-corrected chi connectivity index (χ3v) is 5.61. The molecule has 0 aliphatic carbocycles. The summed E-state index contributed by atoms with van der Waals surface area (Å²) >= 11 is 7.55. The van der Waals surface area contributed by atoms with Gasteiger partial charge in [-0.05, 0) is 41.3 Å². The van der Waals surface area contributed by atoms with Crippen molar-refractivity contribution < 1.29 is 9.47 Å². The van der Waals surface area contributed by atoms with E-state index in [0.717, 1.165) is 38.6 Å². The van der Waals surface area contributed by atoms with E-state index in [0.29, 0.717) is 19.0 Å². The Bertz CT molecular complexity index is 1080. The summed E-state index contributed by atoms with van der Waals surface area (Å²) in [5, 5.41) is 3.78. The molecule has 0 atom stereocenters. The zero-order valence-electron chi connectivity index (χ0n) is 15.1. The fourth-order valence-electron chi connectivity index (χ4n) is 2.93. The van der Waals surface area contributed by atoms with Gasteiger partial charge in [0.2, 0.25) is 0 Å². The fraction of sp³-hybridized carbons (Fsp3) is 0.136. The van der Waals surface area contributed by atoms with Gasteiger partial charge in [-0.1, -0.05) is 29.8 Å². The Balaban J connectivity index is 1.36. The van der Waals surface area contributed by atoms with Crippen molar-refractivity contribution in [1.82, 2.24) is 4.98 Å². The summed E-state index contributed by atoms with van der Waals surface area (Å²) in [7, 11) is 0. The van der Waals surface area contributed by atoms with Crippen molar-refractivity contribution >= 4 is 38.8 Å². The normalized spacial score (nSPS) is 10.9. The molecular weight excluding hydrogens is 392 g/mol. The average Bonchev–Trinajstić information content (AvgIpc) is 3.13. The van der Waals surface area contributed by atoms with Crippen molar-refractivity contribution in [1.29, 1.82) is 0 Å². The van der Waals surface area contributed by atoms with E-state index in [1.54, 1.807) is 17.5 Å². The molecule has 142 valence electrons. The molecule has 2 aromatic carbocycles. The summed E-state index contributed by atoms with van der Waals surface area (Å²) in [6.45, 7) is 1.02. The number of nitrogens with zero attached hydrogens (tertiary/aromatic N) is 1. The number of anilines is 1. The first-order valence-corrected chi connectivity index (χ1v) is 10.2. The first kappa shape index (κ1) is 18.6. The van der Waals surface area contributed by atoms with E-state index in [2.05, 4.69) is 10.4 Å². The highest BCUT2D eigenvalue weighted by molar-refractivity contribution is 7.17. The third kappa shape index (κ3) is 4.38. The molecule has 0 aliphatic heterocycles. The van der Waals surface area contributed by atoms with Gasteiger partial charge in [-0.2, -0.15) is 0 Å². The van der Waals surface area contributed by atoms with Crippen LogP contribution in [0.15, 0.2) is 66.2 Å². The smallest absolute Gasteiger partial charge is 0.132 e. The maximum Gasteiger partial charge on any atom is 0.132 e. The molecule has 0 bridgehead atoms. The quantitative estimate of drug-likeness (QED) is 0.422. The Morgan fingerprint density at radius 3 is 2.61 bits per heavy atom. The van der Waals surface area contributed by atoms with Crippen LogP contribution in [0.4, 0.5) is 5.82 Å². The highest BCUT2D eigenvalue weighted by atomic mass is 35.5. The van der Waals surface area contributed by atoms with E-state index in [1.165, 1.54) is 5.56 Å². The minimum absolute atomic E-state index is 0.435. The molecule has 0 saturated carbocycles. The molecule has 0 spiro atoms. The van der Waals surface area contributed by atoms with Gasteiger partial charge in [0.1, 0.15) is 23.9 Å². The second-order valence-corrected chi connectivity index (χ2v) is 7.67. The molecular formula is C22H19ClN2O2S. The minimum atomic E-state index is 0.435. The van der Waals surface area contributed by atoms with Crippen LogP contribution in [0.25, 0.3) is 10.1 Å². The lowest BCUT2D eigenvalue weighted by Crippen LogP contribution is -2.02. The number of hydrogen-bond acceptors (Lipinski definition) is 5. The van der Waals surface area contributed by atoms with Gasteiger partial charge in [0.15, 0.2) is 0 Å². The van der Waals surface area contributed by atoms with E-state index >= 15 is 0 Å². The molecule has 2 aromatic heterocycles. The molecule has 0 unspecified atom stereocenters. The molecule has 4 rings (SSSR count). The van der Waals surface area contributed by atoms with Crippen LogP contribution in [0.2, 0.25) is 5.02 Å². The van der Waals surface area contributed by atoms with Crippen LogP contribution < -0.4 is 15.2 Å². The van der Waals surface area contributed by atoms with Crippen LogP contribution in [-0.2, 0) is 13.0 Å². The average molecular weight is 411 g/mol. The molecule has 2 N–H and O–H groups in total. The molecule has 6 heteroatoms. The molecule has 0 fully saturated rings. The van der Waals surface area contributed by atoms with Crippen LogP contribution in [0.5, 0.6) is 11.5 Å². The number of benzene rings is 2. The van der Waals surface area contributed by atoms with Gasteiger partial charge < -0.3 is 15.2 Å². The number of halogens is 1. The molecule has 4 nitrogen and oxygen atoms in total. The van der Waals surface area contributed by atoms with Gasteiger partial charge in [-0.25, -0.2) is 4.98 Å². The minimum Gasteiger partial charge on any atom is -0.493 e. The predicted octanol–water partition coefficient (Wildman–Crippen LogP) is 5.73. The topological polar surface area (TPSA) is 57.4 Å². The zero-order chi connectivity index (χ0) is 19.3. The number of thiophene rings is 1. The molecule has 2 heterocycles. The standard InChI is InChI=1S/C22H19ClN2O2S/c23-17-6-4-15(5-7-17)9-11-26-18-2-1-3-19(12-18)27-13-16-14-28-20-8-10-25-22(24)21(16)20/h1-8,10,12,14H,9,11,13H2,(H2,24,25). The lowest BCUT2D eigenvalue weighted by molar-refractivity contribution is 0.297. The molecule has 0 aliphatic rings. The summed E-state index contributed by atoms with van der Waals surface area (Å²) < 4.78 is 12.9. The van der Waals surface area contributed by atoms with Crippen molar-refractivity contribution in [2.24, 2.45) is 0 Å². The van der Waals surface area contributed by atoms with Gasteiger partial charge in [-0.3, -0.25) is 0 Å². The predicted molar refractivity (Wildman–Crippen MR) is 115 cm³/mol. The van der Waals surface area contributed by atoms with Crippen LogP contribution in [-0.4, -0.2) is 11.6 Å². The fourth-order valence-corrected chi connectivity index (χ4v) is 4.01. The van der Waals surface area contributed by atoms with E-state index in [4.69, 9.17) is 26.8 Å². The van der Waals surface area contributed by atoms with E-state index < -0.39 is 0 Å². The van der Waals surface area contributed by atoms with Gasteiger partial charge >= 0.3 is 0 Å². The van der Waals surface area contributed by atoms with Gasteiger partial charge in [0.05, 0.1) is 6.61 Å². The van der Waals surface area contributed by atoms with Crippen molar-refractivity contribution in [3.05, 3.63) is 82.3 Å². The first-order chi connectivity index (χ1) is 13.7. The Labute approximate surface area is 172 Å². The zero-order valence-corrected chi connectivity index (χ0v) is 16.7. The summed E-state index contributed by atoms with van der Waals surface area (Å²) in [5.74, 6) is 2.07. The first-order valence-electron chi connectivity index (χ1n) is 8.90. The molecule has 28 heavy (non-hydrogen) atoms. The number of ether oxygens (including phenoxy) is 2. The second-order valence-electron chi connectivity index (χ2n) is 6.32. The molecule has 0 radical (unpaired) electrons. The number of pyridine rings is 1. The number of rotatable bonds is 7. The summed E-state index contributed by atoms with van der Waals surface area (Å²) in [6.07, 6.45) is 2.54. The van der Waals surface area contributed by atoms with Crippen molar-refractivity contribution in [2.75, 3.05) is 12.3 Å². The number of aromatic nitrogens is 1. The second kappa shape index (κ2) is 8.50. The van der Waals surface area contributed by atoms with Crippen LogP contribution in [0.1, 0.15) is 11.1 Å². The van der Waals surface area contributed by atoms with Crippen molar-refractivity contribution in [2.45, 2.75) is 13.0 Å². The van der Waals surface area contributed by atoms with E-state index in [-0.39, 0.29) is 0 Å². The van der Waals surface area contributed by atoms with Gasteiger partial charge in [0.25, 0.3) is 0 Å². The number of fused-ring (bicyclic) bond motifs is 1. The SMILES string of the molecule is Nc1nccc2scc(COc3cccc(OCCc4ccc(Cl)cc4)c3)c12. The molecule has 0 saturated heterocycles. The van der Waals surface area contributed by atoms with Gasteiger partial charge in [0, 0.05) is 39.4 Å². The van der Waals surface area contributed by atoms with E-state index in [9.17, 15) is 0 Å². The Morgan fingerprint density at radius 2 is 1.79 bits per heavy atom. The Kier molecular flexibility index (Phi) is 5.65. The Morgan fingerprint density at radius 1 is 1.00 bits per heavy atom. The summed E-state index contributed by atoms with van der Waals surface area (Å²) in [5.41, 5.74) is 8.25. The van der Waals surface area contributed by atoms with Crippen molar-refractivity contribution in [3.8, 4) is 11.5 Å². The van der Waals surface area contributed by atoms with Crippen LogP contribution in [0, 0.1) is 0 Å². The maximum atomic E-state index is 6.02. The van der Waals surface area contributed by atoms with Crippen LogP contribution in [0.3, 0.4) is 0 Å². The highest BCUT2D eigenvalue weighted by Gasteiger charge is 2.09. The summed E-state index contributed by atoms with van der Waals surface area (Å²) in [6, 6.07) is 17.4.